The topological polar surface area (TPSA) is 103 Å². The maximum Gasteiger partial charge on any atom is 0.321 e. The van der Waals surface area contributed by atoms with Crippen molar-refractivity contribution in [2.75, 3.05) is 18.4 Å². The van der Waals surface area contributed by atoms with Gasteiger partial charge in [0.25, 0.3) is 0 Å². The van der Waals surface area contributed by atoms with Gasteiger partial charge in [0.1, 0.15) is 6.04 Å². The molecule has 0 spiro atoms. The van der Waals surface area contributed by atoms with Crippen LogP contribution >= 0.6 is 11.3 Å². The van der Waals surface area contributed by atoms with Gasteiger partial charge in [-0.15, -0.1) is 11.3 Å². The Balaban J connectivity index is 1.92. The van der Waals surface area contributed by atoms with Crippen LogP contribution in [-0.2, 0) is 9.59 Å². The summed E-state index contributed by atoms with van der Waals surface area (Å²) in [4.78, 5) is 28.0. The lowest BCUT2D eigenvalue weighted by Gasteiger charge is -2.19. The number of hydrogen-bond acceptors (Lipinski definition) is 6. The molecule has 1 saturated heterocycles. The monoisotopic (exact) mass is 271 g/mol. The maximum atomic E-state index is 11.7. The number of nitrogens with zero attached hydrogens (tertiary/aromatic N) is 2. The van der Waals surface area contributed by atoms with Crippen molar-refractivity contribution in [3.8, 4) is 0 Å². The van der Waals surface area contributed by atoms with Gasteiger partial charge in [0.2, 0.25) is 5.91 Å². The number of thiazole rings is 1. The molecule has 0 radical (unpaired) electrons. The van der Waals surface area contributed by atoms with Gasteiger partial charge in [0.15, 0.2) is 5.13 Å². The summed E-state index contributed by atoms with van der Waals surface area (Å²) in [5, 5.41) is 23.2. The third-order valence-corrected chi connectivity index (χ3v) is 3.38. The molecule has 2 heterocycles. The molecule has 2 rings (SSSR count). The van der Waals surface area contributed by atoms with Gasteiger partial charge in [-0.1, -0.05) is 0 Å². The van der Waals surface area contributed by atoms with E-state index in [4.69, 9.17) is 5.11 Å². The van der Waals surface area contributed by atoms with E-state index in [2.05, 4.69) is 10.3 Å². The number of likely N-dealkylation sites (tertiary alicyclic amines) is 1. The zero-order valence-corrected chi connectivity index (χ0v) is 10.3. The molecule has 1 aliphatic rings. The van der Waals surface area contributed by atoms with Crippen LogP contribution in [0.1, 0.15) is 6.42 Å². The quantitative estimate of drug-likeness (QED) is 0.688. The number of nitrogens with one attached hydrogen (secondary N) is 1. The third kappa shape index (κ3) is 3.03. The molecule has 1 aromatic heterocycles. The van der Waals surface area contributed by atoms with Gasteiger partial charge in [-0.3, -0.25) is 14.5 Å². The van der Waals surface area contributed by atoms with Crippen molar-refractivity contribution >= 4 is 28.3 Å². The summed E-state index contributed by atoms with van der Waals surface area (Å²) in [5.74, 6) is -1.35. The number of carboxylic acid groups (broad SMARTS) is 1. The van der Waals surface area contributed by atoms with Gasteiger partial charge in [0, 0.05) is 24.5 Å². The summed E-state index contributed by atoms with van der Waals surface area (Å²) >= 11 is 1.29. The molecule has 18 heavy (non-hydrogen) atoms. The summed E-state index contributed by atoms with van der Waals surface area (Å²) in [6.45, 7) is 0.135. The second-order valence-corrected chi connectivity index (χ2v) is 4.95. The van der Waals surface area contributed by atoms with Crippen LogP contribution < -0.4 is 5.32 Å². The van der Waals surface area contributed by atoms with E-state index in [0.29, 0.717) is 5.13 Å². The Morgan fingerprint density at radius 3 is 3.00 bits per heavy atom. The van der Waals surface area contributed by atoms with Crippen molar-refractivity contribution in [1.29, 1.82) is 0 Å². The molecule has 1 fully saturated rings. The van der Waals surface area contributed by atoms with Crippen LogP contribution in [0.3, 0.4) is 0 Å². The number of aliphatic hydroxyl groups excluding tert-OH is 1. The largest absolute Gasteiger partial charge is 0.480 e. The fourth-order valence-corrected chi connectivity index (χ4v) is 2.48. The Bertz CT molecular complexity index is 436. The highest BCUT2D eigenvalue weighted by Gasteiger charge is 2.36. The van der Waals surface area contributed by atoms with E-state index in [1.807, 2.05) is 0 Å². The predicted octanol–water partition coefficient (Wildman–Crippen LogP) is -0.399. The molecule has 0 aromatic carbocycles. The first-order chi connectivity index (χ1) is 8.56. The van der Waals surface area contributed by atoms with E-state index in [9.17, 15) is 14.7 Å². The highest BCUT2D eigenvalue weighted by molar-refractivity contribution is 7.13. The van der Waals surface area contributed by atoms with Crippen molar-refractivity contribution in [3.05, 3.63) is 11.6 Å². The highest BCUT2D eigenvalue weighted by atomic mass is 32.1. The Morgan fingerprint density at radius 2 is 2.39 bits per heavy atom. The number of carboxylic acids is 1. The van der Waals surface area contributed by atoms with E-state index in [1.165, 1.54) is 16.2 Å². The number of hydrogen-bond donors (Lipinski definition) is 3. The summed E-state index contributed by atoms with van der Waals surface area (Å²) in [5.41, 5.74) is 0. The predicted molar refractivity (Wildman–Crippen MR) is 64.4 cm³/mol. The molecule has 3 N–H and O–H groups in total. The number of aliphatic carboxylic acids is 1. The first-order valence-corrected chi connectivity index (χ1v) is 6.28. The van der Waals surface area contributed by atoms with Crippen LogP contribution in [-0.4, -0.2) is 57.2 Å². The Morgan fingerprint density at radius 1 is 1.61 bits per heavy atom. The van der Waals surface area contributed by atoms with Gasteiger partial charge in [-0.2, -0.15) is 0 Å². The minimum atomic E-state index is -1.02. The van der Waals surface area contributed by atoms with Crippen LogP contribution in [0.25, 0.3) is 0 Å². The van der Waals surface area contributed by atoms with Gasteiger partial charge < -0.3 is 15.5 Å². The van der Waals surface area contributed by atoms with Crippen molar-refractivity contribution in [2.45, 2.75) is 18.6 Å². The highest BCUT2D eigenvalue weighted by Crippen LogP contribution is 2.18. The Kier molecular flexibility index (Phi) is 3.90. The lowest BCUT2D eigenvalue weighted by atomic mass is 10.2. The molecule has 1 amide bonds. The fraction of sp³-hybridized carbons (Fsp3) is 0.500. The van der Waals surface area contributed by atoms with Crippen LogP contribution in [0.2, 0.25) is 0 Å². The Labute approximate surface area is 107 Å². The lowest BCUT2D eigenvalue weighted by Crippen LogP contribution is -2.41. The molecular formula is C10H13N3O4S. The van der Waals surface area contributed by atoms with E-state index >= 15 is 0 Å². The number of carbonyl (C=O) groups excluding carboxylic acids is 1. The molecule has 1 aromatic rings. The van der Waals surface area contributed by atoms with Crippen molar-refractivity contribution in [2.24, 2.45) is 0 Å². The zero-order valence-electron chi connectivity index (χ0n) is 9.44. The number of aromatic nitrogens is 1. The normalized spacial score (nSPS) is 24.1. The lowest BCUT2D eigenvalue weighted by molar-refractivity contribution is -0.142. The van der Waals surface area contributed by atoms with Crippen molar-refractivity contribution in [3.63, 3.8) is 0 Å². The Hall–Kier alpha value is -1.51. The summed E-state index contributed by atoms with van der Waals surface area (Å²) in [7, 11) is 0. The van der Waals surface area contributed by atoms with Crippen LogP contribution in [0.15, 0.2) is 11.6 Å². The van der Waals surface area contributed by atoms with Crippen LogP contribution in [0.5, 0.6) is 0 Å². The standard InChI is InChI=1S/C10H13N3O4S/c14-6-3-7(9(16)17)13(4-6)5-8(15)12-10-11-1-2-18-10/h1-2,6-7,14H,3-5H2,(H,16,17)(H,11,12,15). The number of amides is 1. The molecule has 1 aliphatic heterocycles. The number of aliphatic hydroxyl groups is 1. The summed E-state index contributed by atoms with van der Waals surface area (Å²) < 4.78 is 0. The van der Waals surface area contributed by atoms with Crippen molar-refractivity contribution < 1.29 is 19.8 Å². The summed E-state index contributed by atoms with van der Waals surface area (Å²) in [6, 6.07) is -0.804. The number of rotatable bonds is 4. The first kappa shape index (κ1) is 12.9. The van der Waals surface area contributed by atoms with E-state index < -0.39 is 18.1 Å². The average Bonchev–Trinajstić information content (AvgIpc) is 2.88. The molecule has 0 saturated carbocycles. The average molecular weight is 271 g/mol. The third-order valence-electron chi connectivity index (χ3n) is 2.69. The second-order valence-electron chi connectivity index (χ2n) is 4.06. The second kappa shape index (κ2) is 5.42. The molecule has 98 valence electrons. The van der Waals surface area contributed by atoms with Crippen molar-refractivity contribution in [1.82, 2.24) is 9.88 Å². The molecule has 7 nitrogen and oxygen atoms in total. The number of anilines is 1. The van der Waals surface area contributed by atoms with Gasteiger partial charge in [-0.25, -0.2) is 4.98 Å². The number of β-amino-alcohol motifs (C(OH)–C–C–N with tert-alkyl or cyclic N) is 1. The van der Waals surface area contributed by atoms with Crippen LogP contribution in [0, 0.1) is 0 Å². The molecule has 0 bridgehead atoms. The fourth-order valence-electron chi connectivity index (χ4n) is 1.94. The smallest absolute Gasteiger partial charge is 0.321 e. The number of carbonyl (C=O) groups is 2. The van der Waals surface area contributed by atoms with Gasteiger partial charge in [0.05, 0.1) is 12.6 Å². The van der Waals surface area contributed by atoms with E-state index in [1.54, 1.807) is 11.6 Å². The molecular weight excluding hydrogens is 258 g/mol. The summed E-state index contributed by atoms with van der Waals surface area (Å²) in [6.07, 6.45) is 1.03. The molecule has 8 heteroatoms. The minimum absolute atomic E-state index is 0.0619. The van der Waals surface area contributed by atoms with Crippen LogP contribution in [0.4, 0.5) is 5.13 Å². The first-order valence-electron chi connectivity index (χ1n) is 5.40. The maximum absolute atomic E-state index is 11.7. The SMILES string of the molecule is O=C(CN1CC(O)CC1C(=O)O)Nc1nccs1. The molecule has 2 unspecified atom stereocenters. The minimum Gasteiger partial charge on any atom is -0.480 e. The van der Waals surface area contributed by atoms with Gasteiger partial charge in [-0.05, 0) is 0 Å². The van der Waals surface area contributed by atoms with E-state index in [0.717, 1.165) is 0 Å². The zero-order chi connectivity index (χ0) is 13.1. The van der Waals surface area contributed by atoms with E-state index in [-0.39, 0.29) is 25.4 Å². The molecule has 2 atom stereocenters. The van der Waals surface area contributed by atoms with Gasteiger partial charge >= 0.3 is 5.97 Å². The molecule has 0 aliphatic carbocycles.